The number of anilines is 1. The van der Waals surface area contributed by atoms with Crippen LogP contribution in [0.25, 0.3) is 11.1 Å². The van der Waals surface area contributed by atoms with Crippen LogP contribution in [-0.2, 0) is 0 Å². The lowest BCUT2D eigenvalue weighted by molar-refractivity contribution is 1.58. The number of hydrogen-bond acceptors (Lipinski definition) is 1. The lowest BCUT2D eigenvalue weighted by Gasteiger charge is -2.07. The van der Waals surface area contributed by atoms with Crippen LogP contribution in [0.15, 0.2) is 46.9 Å². The Morgan fingerprint density at radius 1 is 1.07 bits per heavy atom. The number of hydrogen-bond donors (Lipinski definition) is 1. The van der Waals surface area contributed by atoms with E-state index < -0.39 is 0 Å². The van der Waals surface area contributed by atoms with Crippen LogP contribution >= 0.6 is 27.5 Å². The third-order valence-electron chi connectivity index (χ3n) is 2.18. The Bertz CT molecular complexity index is 482. The fourth-order valence-electron chi connectivity index (χ4n) is 1.43. The Kier molecular flexibility index (Phi) is 2.98. The van der Waals surface area contributed by atoms with Crippen LogP contribution in [0.1, 0.15) is 0 Å². The lowest BCUT2D eigenvalue weighted by atomic mass is 10.0. The highest BCUT2D eigenvalue weighted by atomic mass is 79.9. The van der Waals surface area contributed by atoms with E-state index in [4.69, 9.17) is 17.3 Å². The molecule has 0 saturated heterocycles. The molecule has 0 spiro atoms. The Hall–Kier alpha value is -0.990. The number of nitrogens with two attached hydrogens (primary N) is 1. The Balaban J connectivity index is 2.59. The summed E-state index contributed by atoms with van der Waals surface area (Å²) >= 11 is 9.34. The van der Waals surface area contributed by atoms with Gasteiger partial charge in [0.1, 0.15) is 0 Å². The van der Waals surface area contributed by atoms with Crippen LogP contribution < -0.4 is 5.73 Å². The van der Waals surface area contributed by atoms with Gasteiger partial charge in [0.2, 0.25) is 0 Å². The Labute approximate surface area is 102 Å². The van der Waals surface area contributed by atoms with Crippen molar-refractivity contribution in [3.05, 3.63) is 52.0 Å². The van der Waals surface area contributed by atoms with Crippen LogP contribution in [0.3, 0.4) is 0 Å². The molecule has 0 unspecified atom stereocenters. The Morgan fingerprint density at radius 2 is 1.73 bits per heavy atom. The van der Waals surface area contributed by atoms with E-state index in [1.807, 2.05) is 36.4 Å². The van der Waals surface area contributed by atoms with Crippen LogP contribution in [0, 0.1) is 0 Å². The van der Waals surface area contributed by atoms with Crippen molar-refractivity contribution in [2.75, 3.05) is 5.73 Å². The smallest absolute Gasteiger partial charge is 0.0568 e. The van der Waals surface area contributed by atoms with E-state index in [1.54, 1.807) is 6.07 Å². The van der Waals surface area contributed by atoms with Gasteiger partial charge in [0, 0.05) is 15.7 Å². The van der Waals surface area contributed by atoms with Crippen molar-refractivity contribution in [2.45, 2.75) is 0 Å². The molecule has 0 amide bonds. The van der Waals surface area contributed by atoms with E-state index in [9.17, 15) is 0 Å². The summed E-state index contributed by atoms with van der Waals surface area (Å²) < 4.78 is 0.859. The molecule has 15 heavy (non-hydrogen) atoms. The van der Waals surface area contributed by atoms with Crippen LogP contribution in [0.2, 0.25) is 5.02 Å². The summed E-state index contributed by atoms with van der Waals surface area (Å²) in [6, 6.07) is 13.7. The fourth-order valence-corrected chi connectivity index (χ4v) is 1.95. The normalized spacial score (nSPS) is 10.3. The van der Waals surface area contributed by atoms with Crippen LogP contribution in [0.5, 0.6) is 0 Å². The van der Waals surface area contributed by atoms with Crippen molar-refractivity contribution >= 4 is 33.2 Å². The Morgan fingerprint density at radius 3 is 2.40 bits per heavy atom. The van der Waals surface area contributed by atoms with Gasteiger partial charge in [-0.1, -0.05) is 41.9 Å². The third-order valence-corrected chi connectivity index (χ3v) is 3.37. The topological polar surface area (TPSA) is 26.0 Å². The highest BCUT2D eigenvalue weighted by Gasteiger charge is 2.06. The van der Waals surface area contributed by atoms with Crippen molar-refractivity contribution in [1.29, 1.82) is 0 Å². The van der Waals surface area contributed by atoms with Crippen LogP contribution in [0.4, 0.5) is 5.69 Å². The summed E-state index contributed by atoms with van der Waals surface area (Å²) in [7, 11) is 0. The molecule has 0 aliphatic carbocycles. The summed E-state index contributed by atoms with van der Waals surface area (Å²) in [4.78, 5) is 0. The molecule has 0 saturated carbocycles. The largest absolute Gasteiger partial charge is 0.398 e. The third kappa shape index (κ3) is 2.16. The average Bonchev–Trinajstić information content (AvgIpc) is 2.25. The molecule has 2 aromatic rings. The minimum atomic E-state index is 0.632. The minimum absolute atomic E-state index is 0.632. The first-order valence-corrected chi connectivity index (χ1v) is 5.65. The molecule has 0 radical (unpaired) electrons. The van der Waals surface area contributed by atoms with E-state index in [0.29, 0.717) is 10.7 Å². The number of benzene rings is 2. The van der Waals surface area contributed by atoms with Crippen molar-refractivity contribution in [2.24, 2.45) is 0 Å². The second-order valence-electron chi connectivity index (χ2n) is 3.22. The molecular weight excluding hydrogens is 273 g/mol. The van der Waals surface area contributed by atoms with Gasteiger partial charge in [-0.2, -0.15) is 0 Å². The van der Waals surface area contributed by atoms with E-state index in [1.165, 1.54) is 0 Å². The van der Waals surface area contributed by atoms with Crippen molar-refractivity contribution in [3.8, 4) is 11.1 Å². The van der Waals surface area contributed by atoms with Gasteiger partial charge in [-0.3, -0.25) is 0 Å². The van der Waals surface area contributed by atoms with Gasteiger partial charge in [0.05, 0.1) is 5.02 Å². The van der Waals surface area contributed by atoms with E-state index in [0.717, 1.165) is 15.6 Å². The van der Waals surface area contributed by atoms with Gasteiger partial charge in [-0.05, 0) is 33.6 Å². The van der Waals surface area contributed by atoms with Crippen LogP contribution in [-0.4, -0.2) is 0 Å². The molecule has 0 fully saturated rings. The molecule has 1 nitrogen and oxygen atoms in total. The monoisotopic (exact) mass is 281 g/mol. The molecule has 0 aliphatic rings. The molecule has 2 rings (SSSR count). The van der Waals surface area contributed by atoms with Crippen molar-refractivity contribution < 1.29 is 0 Å². The quantitative estimate of drug-likeness (QED) is 0.773. The molecule has 76 valence electrons. The molecular formula is C12H9BrClN. The average molecular weight is 283 g/mol. The number of halogens is 2. The first-order valence-electron chi connectivity index (χ1n) is 4.48. The van der Waals surface area contributed by atoms with Gasteiger partial charge in [0.15, 0.2) is 0 Å². The molecule has 0 atom stereocenters. The first-order chi connectivity index (χ1) is 7.18. The molecule has 0 aromatic heterocycles. The van der Waals surface area contributed by atoms with E-state index >= 15 is 0 Å². The predicted molar refractivity (Wildman–Crippen MR) is 69.0 cm³/mol. The highest BCUT2D eigenvalue weighted by Crippen LogP contribution is 2.33. The number of nitrogen functional groups attached to an aromatic ring is 1. The first kappa shape index (κ1) is 10.5. The summed E-state index contributed by atoms with van der Waals surface area (Å²) in [6.07, 6.45) is 0. The highest BCUT2D eigenvalue weighted by molar-refractivity contribution is 9.10. The van der Waals surface area contributed by atoms with Gasteiger partial charge in [0.25, 0.3) is 0 Å². The second kappa shape index (κ2) is 4.25. The maximum Gasteiger partial charge on any atom is 0.0568 e. The summed E-state index contributed by atoms with van der Waals surface area (Å²) in [5.74, 6) is 0. The standard InChI is InChI=1S/C12H9BrClN/c13-10-6-9(12(15)7-11(10)14)8-4-2-1-3-5-8/h1-7H,15H2. The molecule has 3 heteroatoms. The predicted octanol–water partition coefficient (Wildman–Crippen LogP) is 4.35. The van der Waals surface area contributed by atoms with Gasteiger partial charge >= 0.3 is 0 Å². The maximum absolute atomic E-state index is 5.95. The SMILES string of the molecule is Nc1cc(Cl)c(Br)cc1-c1ccccc1. The molecule has 2 aromatic carbocycles. The summed E-state index contributed by atoms with van der Waals surface area (Å²) in [5.41, 5.74) is 8.69. The van der Waals surface area contributed by atoms with Crippen molar-refractivity contribution in [1.82, 2.24) is 0 Å². The zero-order chi connectivity index (χ0) is 10.8. The summed E-state index contributed by atoms with van der Waals surface area (Å²) in [5, 5.41) is 0.632. The van der Waals surface area contributed by atoms with E-state index in [-0.39, 0.29) is 0 Å². The zero-order valence-electron chi connectivity index (χ0n) is 7.87. The number of rotatable bonds is 1. The molecule has 0 bridgehead atoms. The molecule has 0 aliphatic heterocycles. The zero-order valence-corrected chi connectivity index (χ0v) is 10.2. The summed E-state index contributed by atoms with van der Waals surface area (Å²) in [6.45, 7) is 0. The second-order valence-corrected chi connectivity index (χ2v) is 4.48. The van der Waals surface area contributed by atoms with Gasteiger partial charge in [-0.25, -0.2) is 0 Å². The maximum atomic E-state index is 5.95. The van der Waals surface area contributed by atoms with E-state index in [2.05, 4.69) is 15.9 Å². The van der Waals surface area contributed by atoms with Gasteiger partial charge in [-0.15, -0.1) is 0 Å². The molecule has 0 heterocycles. The van der Waals surface area contributed by atoms with Crippen molar-refractivity contribution in [3.63, 3.8) is 0 Å². The lowest BCUT2D eigenvalue weighted by Crippen LogP contribution is -1.90. The molecule has 2 N–H and O–H groups in total. The minimum Gasteiger partial charge on any atom is -0.398 e. The van der Waals surface area contributed by atoms with Gasteiger partial charge < -0.3 is 5.73 Å². The fraction of sp³-hybridized carbons (Fsp3) is 0.